The zero-order chi connectivity index (χ0) is 17.7. The second-order valence-corrected chi connectivity index (χ2v) is 7.13. The fourth-order valence-corrected chi connectivity index (χ4v) is 3.41. The smallest absolute Gasteiger partial charge is 0.334 e. The fourth-order valence-electron chi connectivity index (χ4n) is 2.37. The first kappa shape index (κ1) is 18.4. The summed E-state index contributed by atoms with van der Waals surface area (Å²) in [7, 11) is -3.52. The first-order valence-corrected chi connectivity index (χ1v) is 9.02. The summed E-state index contributed by atoms with van der Waals surface area (Å²) in [6.45, 7) is 2.53. The van der Waals surface area contributed by atoms with E-state index in [0.717, 1.165) is 0 Å². The van der Waals surface area contributed by atoms with Gasteiger partial charge in [-0.2, -0.15) is 0 Å². The number of amides is 1. The number of morpholine rings is 1. The summed E-state index contributed by atoms with van der Waals surface area (Å²) in [5, 5.41) is 8.95. The van der Waals surface area contributed by atoms with Gasteiger partial charge < -0.3 is 14.7 Å². The Morgan fingerprint density at radius 2 is 2.00 bits per heavy atom. The zero-order valence-corrected chi connectivity index (χ0v) is 14.1. The maximum atomic E-state index is 12.3. The third kappa shape index (κ3) is 4.53. The number of benzene rings is 1. The molecule has 0 aliphatic carbocycles. The molecule has 132 valence electrons. The van der Waals surface area contributed by atoms with E-state index in [-0.39, 0.29) is 30.4 Å². The number of carboxylic acid groups (broad SMARTS) is 1. The van der Waals surface area contributed by atoms with Gasteiger partial charge in [-0.15, -0.1) is 0 Å². The summed E-state index contributed by atoms with van der Waals surface area (Å²) in [6.07, 6.45) is -0.927. The van der Waals surface area contributed by atoms with E-state index >= 15 is 0 Å². The van der Waals surface area contributed by atoms with Gasteiger partial charge in [0.1, 0.15) is 0 Å². The van der Waals surface area contributed by atoms with E-state index in [1.807, 2.05) is 0 Å². The van der Waals surface area contributed by atoms with Crippen molar-refractivity contribution in [3.63, 3.8) is 0 Å². The van der Waals surface area contributed by atoms with Crippen molar-refractivity contribution in [1.82, 2.24) is 9.62 Å². The van der Waals surface area contributed by atoms with E-state index in [9.17, 15) is 18.0 Å². The molecule has 2 N–H and O–H groups in total. The lowest BCUT2D eigenvalue weighted by Gasteiger charge is -2.31. The van der Waals surface area contributed by atoms with E-state index in [1.165, 1.54) is 17.0 Å². The Hall–Kier alpha value is -1.97. The van der Waals surface area contributed by atoms with E-state index in [1.54, 1.807) is 19.1 Å². The first-order valence-electron chi connectivity index (χ1n) is 7.54. The number of rotatable bonds is 6. The minimum Gasteiger partial charge on any atom is -0.479 e. The Kier molecular flexibility index (Phi) is 5.92. The Morgan fingerprint density at radius 3 is 2.58 bits per heavy atom. The number of nitrogens with zero attached hydrogens (tertiary/aromatic N) is 1. The van der Waals surface area contributed by atoms with Gasteiger partial charge in [-0.25, -0.2) is 17.9 Å². The fraction of sp³-hybridized carbons (Fsp3) is 0.467. The number of ether oxygens (including phenoxy) is 1. The highest BCUT2D eigenvalue weighted by molar-refractivity contribution is 7.89. The van der Waals surface area contributed by atoms with Crippen LogP contribution in [-0.4, -0.2) is 62.6 Å². The molecule has 24 heavy (non-hydrogen) atoms. The Morgan fingerprint density at radius 1 is 1.33 bits per heavy atom. The van der Waals surface area contributed by atoms with Crippen molar-refractivity contribution >= 4 is 21.9 Å². The van der Waals surface area contributed by atoms with E-state index in [0.29, 0.717) is 18.7 Å². The minimum absolute atomic E-state index is 0.0149. The number of carboxylic acids is 1. The van der Waals surface area contributed by atoms with Crippen LogP contribution < -0.4 is 4.72 Å². The van der Waals surface area contributed by atoms with Gasteiger partial charge in [0.25, 0.3) is 0 Å². The predicted octanol–water partition coefficient (Wildman–Crippen LogP) is -0.161. The van der Waals surface area contributed by atoms with E-state index < -0.39 is 22.1 Å². The van der Waals surface area contributed by atoms with Crippen molar-refractivity contribution in [2.75, 3.05) is 26.2 Å². The van der Waals surface area contributed by atoms with Crippen LogP contribution in [0.3, 0.4) is 0 Å². The van der Waals surface area contributed by atoms with Crippen molar-refractivity contribution in [3.8, 4) is 0 Å². The van der Waals surface area contributed by atoms with Crippen molar-refractivity contribution in [3.05, 3.63) is 29.8 Å². The molecule has 0 radical (unpaired) electrons. The van der Waals surface area contributed by atoms with Gasteiger partial charge in [0.2, 0.25) is 15.9 Å². The predicted molar refractivity (Wildman–Crippen MR) is 85.0 cm³/mol. The lowest BCUT2D eigenvalue weighted by molar-refractivity contribution is -0.159. The topological polar surface area (TPSA) is 113 Å². The van der Waals surface area contributed by atoms with Crippen LogP contribution in [0.5, 0.6) is 0 Å². The maximum absolute atomic E-state index is 12.3. The van der Waals surface area contributed by atoms with Gasteiger partial charge in [-0.05, 0) is 17.7 Å². The molecule has 1 atom stereocenters. The summed E-state index contributed by atoms with van der Waals surface area (Å²) in [6, 6.07) is 6.05. The molecule has 0 aromatic heterocycles. The third-order valence-electron chi connectivity index (χ3n) is 3.62. The van der Waals surface area contributed by atoms with Crippen LogP contribution in [0.2, 0.25) is 0 Å². The SMILES string of the molecule is CCNS(=O)(=O)c1ccc(CC(=O)N2CCOC(C(=O)O)C2)cc1. The average Bonchev–Trinajstić information content (AvgIpc) is 2.55. The minimum atomic E-state index is -3.52. The van der Waals surface area contributed by atoms with Crippen LogP contribution in [-0.2, 0) is 30.8 Å². The van der Waals surface area contributed by atoms with Crippen LogP contribution in [0.1, 0.15) is 12.5 Å². The third-order valence-corrected chi connectivity index (χ3v) is 5.18. The molecule has 1 aromatic rings. The molecule has 0 spiro atoms. The van der Waals surface area contributed by atoms with Crippen LogP contribution >= 0.6 is 0 Å². The average molecular weight is 356 g/mol. The molecule has 1 aliphatic heterocycles. The van der Waals surface area contributed by atoms with Crippen LogP contribution in [0.4, 0.5) is 0 Å². The van der Waals surface area contributed by atoms with Crippen LogP contribution in [0.25, 0.3) is 0 Å². The van der Waals surface area contributed by atoms with E-state index in [4.69, 9.17) is 9.84 Å². The van der Waals surface area contributed by atoms with Crippen molar-refractivity contribution < 1.29 is 27.9 Å². The molecule has 1 unspecified atom stereocenters. The van der Waals surface area contributed by atoms with Gasteiger partial charge in [0.15, 0.2) is 6.10 Å². The second kappa shape index (κ2) is 7.73. The molecule has 1 aliphatic rings. The molecule has 9 heteroatoms. The van der Waals surface area contributed by atoms with Gasteiger partial charge in [-0.1, -0.05) is 19.1 Å². The lowest BCUT2D eigenvalue weighted by Crippen LogP contribution is -2.49. The second-order valence-electron chi connectivity index (χ2n) is 5.36. The largest absolute Gasteiger partial charge is 0.479 e. The number of sulfonamides is 1. The van der Waals surface area contributed by atoms with Crippen LogP contribution in [0, 0.1) is 0 Å². The summed E-state index contributed by atoms with van der Waals surface area (Å²) < 4.78 is 31.2. The zero-order valence-electron chi connectivity index (χ0n) is 13.3. The van der Waals surface area contributed by atoms with Gasteiger partial charge in [-0.3, -0.25) is 4.79 Å². The highest BCUT2D eigenvalue weighted by Crippen LogP contribution is 2.13. The highest BCUT2D eigenvalue weighted by Gasteiger charge is 2.28. The maximum Gasteiger partial charge on any atom is 0.334 e. The lowest BCUT2D eigenvalue weighted by atomic mass is 10.1. The molecule has 8 nitrogen and oxygen atoms in total. The molecule has 0 saturated carbocycles. The number of carbonyl (C=O) groups is 2. The molecule has 1 fully saturated rings. The molecular formula is C15H20N2O6S. The number of nitrogens with one attached hydrogen (secondary N) is 1. The Balaban J connectivity index is 2.01. The van der Waals surface area contributed by atoms with Gasteiger partial charge >= 0.3 is 5.97 Å². The molecule has 1 saturated heterocycles. The van der Waals surface area contributed by atoms with Gasteiger partial charge in [0, 0.05) is 13.1 Å². The summed E-state index contributed by atoms with van der Waals surface area (Å²) in [5.41, 5.74) is 0.661. The van der Waals surface area contributed by atoms with Crippen molar-refractivity contribution in [2.45, 2.75) is 24.3 Å². The van der Waals surface area contributed by atoms with Crippen molar-refractivity contribution in [2.24, 2.45) is 0 Å². The summed E-state index contributed by atoms with van der Waals surface area (Å²) in [5.74, 6) is -1.31. The molecule has 1 aromatic carbocycles. The van der Waals surface area contributed by atoms with Crippen molar-refractivity contribution in [1.29, 1.82) is 0 Å². The normalized spacial score (nSPS) is 18.4. The monoisotopic (exact) mass is 356 g/mol. The number of hydrogen-bond donors (Lipinski definition) is 2. The summed E-state index contributed by atoms with van der Waals surface area (Å²) in [4.78, 5) is 24.8. The Labute approximate surface area is 140 Å². The quantitative estimate of drug-likeness (QED) is 0.732. The molecule has 2 rings (SSSR count). The summed E-state index contributed by atoms with van der Waals surface area (Å²) >= 11 is 0. The van der Waals surface area contributed by atoms with E-state index in [2.05, 4.69) is 4.72 Å². The molecule has 0 bridgehead atoms. The Bertz CT molecular complexity index is 701. The number of carbonyl (C=O) groups excluding carboxylic acids is 1. The molecule has 1 heterocycles. The highest BCUT2D eigenvalue weighted by atomic mass is 32.2. The standard InChI is InChI=1S/C15H20N2O6S/c1-2-16-24(21,22)12-5-3-11(4-6-12)9-14(18)17-7-8-23-13(10-17)15(19)20/h3-6,13,16H,2,7-10H2,1H3,(H,19,20). The first-order chi connectivity index (χ1) is 11.3. The molecule has 1 amide bonds. The number of aliphatic carboxylic acids is 1. The van der Waals surface area contributed by atoms with Crippen LogP contribution in [0.15, 0.2) is 29.2 Å². The number of hydrogen-bond acceptors (Lipinski definition) is 5. The molecular weight excluding hydrogens is 336 g/mol. The van der Waals surface area contributed by atoms with Gasteiger partial charge in [0.05, 0.1) is 24.5 Å².